The van der Waals surface area contributed by atoms with Crippen LogP contribution in [0.4, 0.5) is 4.79 Å². The lowest BCUT2D eigenvalue weighted by molar-refractivity contribution is 0.0444. The number of nitriles is 1. The molecule has 1 amide bonds. The highest BCUT2D eigenvalue weighted by Crippen LogP contribution is 2.26. The number of benzene rings is 1. The summed E-state index contributed by atoms with van der Waals surface area (Å²) < 4.78 is 7.61. The molecule has 0 unspecified atom stereocenters. The van der Waals surface area contributed by atoms with E-state index in [-0.39, 0.29) is 12.1 Å². The Balaban J connectivity index is 1.64. The van der Waals surface area contributed by atoms with Crippen LogP contribution in [0.2, 0.25) is 0 Å². The Labute approximate surface area is 155 Å². The number of nitrogens with zero attached hydrogens (tertiary/aromatic N) is 3. The normalized spacial score (nSPS) is 16.3. The van der Waals surface area contributed by atoms with Crippen molar-refractivity contribution < 1.29 is 9.53 Å². The Hall–Kier alpha value is -2.48. The van der Waals surface area contributed by atoms with Gasteiger partial charge in [-0.1, -0.05) is 19.4 Å². The Kier molecular flexibility index (Phi) is 5.82. The molecule has 0 saturated carbocycles. The van der Waals surface area contributed by atoms with E-state index in [9.17, 15) is 4.79 Å². The number of aromatic nitrogens is 1. The Bertz CT molecular complexity index is 819. The standard InChI is InChI=1S/C21H27N3O2/c1-3-5-12-26-21(25)24-11-10-18(24)8-9-19-14-17-7-6-16(15-22)13-20(17)23(19)4-2/h6-7,13-14,18H,3-5,8-12H2,1-2H3/t18-/m0/s1. The summed E-state index contributed by atoms with van der Waals surface area (Å²) in [6.45, 7) is 6.42. The number of aryl methyl sites for hydroxylation is 2. The summed E-state index contributed by atoms with van der Waals surface area (Å²) in [5.41, 5.74) is 3.08. The topological polar surface area (TPSA) is 58.3 Å². The molecule has 3 rings (SSSR count). The second-order valence-electron chi connectivity index (χ2n) is 6.91. The van der Waals surface area contributed by atoms with Gasteiger partial charge in [0.2, 0.25) is 0 Å². The van der Waals surface area contributed by atoms with Crippen LogP contribution in [-0.2, 0) is 17.7 Å². The molecule has 0 aliphatic carbocycles. The van der Waals surface area contributed by atoms with Gasteiger partial charge in [-0.2, -0.15) is 5.26 Å². The molecule has 26 heavy (non-hydrogen) atoms. The molecule has 1 aromatic carbocycles. The third-order valence-electron chi connectivity index (χ3n) is 5.27. The summed E-state index contributed by atoms with van der Waals surface area (Å²) in [7, 11) is 0. The van der Waals surface area contributed by atoms with E-state index in [4.69, 9.17) is 10.00 Å². The predicted octanol–water partition coefficient (Wildman–Crippen LogP) is 4.48. The zero-order valence-corrected chi connectivity index (χ0v) is 15.7. The third kappa shape index (κ3) is 3.70. The highest BCUT2D eigenvalue weighted by molar-refractivity contribution is 5.82. The Morgan fingerprint density at radius 2 is 2.19 bits per heavy atom. The number of rotatable bonds is 7. The van der Waals surface area contributed by atoms with Crippen molar-refractivity contribution in [1.29, 1.82) is 5.26 Å². The molecule has 1 aliphatic rings. The fourth-order valence-corrected chi connectivity index (χ4v) is 3.64. The van der Waals surface area contributed by atoms with E-state index in [1.165, 1.54) is 11.1 Å². The average Bonchev–Trinajstić information content (AvgIpc) is 2.97. The lowest BCUT2D eigenvalue weighted by atomic mass is 9.97. The number of unbranched alkanes of at least 4 members (excludes halogenated alkanes) is 1. The number of carbonyl (C=O) groups is 1. The van der Waals surface area contributed by atoms with Crippen LogP contribution in [0, 0.1) is 11.3 Å². The van der Waals surface area contributed by atoms with E-state index in [0.29, 0.717) is 12.2 Å². The molecule has 1 fully saturated rings. The van der Waals surface area contributed by atoms with Gasteiger partial charge in [0, 0.05) is 30.3 Å². The smallest absolute Gasteiger partial charge is 0.410 e. The zero-order valence-electron chi connectivity index (χ0n) is 15.7. The van der Waals surface area contributed by atoms with Crippen molar-refractivity contribution in [3.8, 4) is 6.07 Å². The van der Waals surface area contributed by atoms with Gasteiger partial charge < -0.3 is 14.2 Å². The number of amides is 1. The number of hydrogen-bond acceptors (Lipinski definition) is 3. The SMILES string of the molecule is CCCCOC(=O)N1CC[C@@H]1CCc1cc2ccc(C#N)cc2n1CC. The van der Waals surface area contributed by atoms with Crippen LogP contribution < -0.4 is 0 Å². The van der Waals surface area contributed by atoms with E-state index in [1.54, 1.807) is 0 Å². The minimum Gasteiger partial charge on any atom is -0.449 e. The summed E-state index contributed by atoms with van der Waals surface area (Å²) >= 11 is 0. The van der Waals surface area contributed by atoms with Gasteiger partial charge in [0.25, 0.3) is 0 Å². The summed E-state index contributed by atoms with van der Waals surface area (Å²) in [5, 5.41) is 10.3. The van der Waals surface area contributed by atoms with E-state index in [1.807, 2.05) is 23.1 Å². The molecule has 1 atom stereocenters. The molecule has 138 valence electrons. The first-order valence-electron chi connectivity index (χ1n) is 9.63. The number of carbonyl (C=O) groups excluding carboxylic acids is 1. The highest BCUT2D eigenvalue weighted by Gasteiger charge is 2.33. The van der Waals surface area contributed by atoms with Gasteiger partial charge in [-0.25, -0.2) is 4.79 Å². The first kappa shape index (κ1) is 18.3. The fourth-order valence-electron chi connectivity index (χ4n) is 3.64. The summed E-state index contributed by atoms with van der Waals surface area (Å²) in [6, 6.07) is 10.6. The maximum absolute atomic E-state index is 12.1. The molecular weight excluding hydrogens is 326 g/mol. The number of hydrogen-bond donors (Lipinski definition) is 0. The van der Waals surface area contributed by atoms with E-state index in [2.05, 4.69) is 30.6 Å². The lowest BCUT2D eigenvalue weighted by Crippen LogP contribution is -2.51. The van der Waals surface area contributed by atoms with Crippen molar-refractivity contribution >= 4 is 17.0 Å². The quantitative estimate of drug-likeness (QED) is 0.690. The highest BCUT2D eigenvalue weighted by atomic mass is 16.6. The molecule has 2 aromatic rings. The number of fused-ring (bicyclic) bond motifs is 1. The van der Waals surface area contributed by atoms with Crippen molar-refractivity contribution in [1.82, 2.24) is 9.47 Å². The molecule has 2 heterocycles. The van der Waals surface area contributed by atoms with Crippen LogP contribution in [0.5, 0.6) is 0 Å². The first-order valence-corrected chi connectivity index (χ1v) is 9.63. The van der Waals surface area contributed by atoms with Gasteiger partial charge >= 0.3 is 6.09 Å². The van der Waals surface area contributed by atoms with E-state index >= 15 is 0 Å². The molecule has 0 radical (unpaired) electrons. The number of likely N-dealkylation sites (tertiary alicyclic amines) is 1. The van der Waals surface area contributed by atoms with Crippen LogP contribution in [-0.4, -0.2) is 34.8 Å². The zero-order chi connectivity index (χ0) is 18.5. The van der Waals surface area contributed by atoms with Gasteiger partial charge in [0.05, 0.1) is 18.2 Å². The fraction of sp³-hybridized carbons (Fsp3) is 0.524. The molecule has 5 heteroatoms. The molecule has 1 saturated heterocycles. The summed E-state index contributed by atoms with van der Waals surface area (Å²) in [4.78, 5) is 14.0. The first-order chi connectivity index (χ1) is 12.7. The summed E-state index contributed by atoms with van der Waals surface area (Å²) in [6.07, 6.45) is 4.72. The molecule has 1 aliphatic heterocycles. The average molecular weight is 353 g/mol. The van der Waals surface area contributed by atoms with E-state index in [0.717, 1.165) is 50.7 Å². The minimum atomic E-state index is -0.163. The van der Waals surface area contributed by atoms with Crippen molar-refractivity contribution in [2.24, 2.45) is 0 Å². The minimum absolute atomic E-state index is 0.163. The van der Waals surface area contributed by atoms with Crippen molar-refractivity contribution in [3.05, 3.63) is 35.5 Å². The van der Waals surface area contributed by atoms with Crippen LogP contribution in [0.3, 0.4) is 0 Å². The second-order valence-corrected chi connectivity index (χ2v) is 6.91. The Morgan fingerprint density at radius 3 is 2.85 bits per heavy atom. The lowest BCUT2D eigenvalue weighted by Gasteiger charge is -2.40. The van der Waals surface area contributed by atoms with Crippen molar-refractivity contribution in [2.45, 2.75) is 58.5 Å². The Morgan fingerprint density at radius 1 is 1.35 bits per heavy atom. The maximum atomic E-state index is 12.1. The predicted molar refractivity (Wildman–Crippen MR) is 102 cm³/mol. The second kappa shape index (κ2) is 8.27. The molecular formula is C21H27N3O2. The van der Waals surface area contributed by atoms with Crippen LogP contribution in [0.1, 0.15) is 50.8 Å². The van der Waals surface area contributed by atoms with Gasteiger partial charge in [0.1, 0.15) is 0 Å². The van der Waals surface area contributed by atoms with E-state index < -0.39 is 0 Å². The van der Waals surface area contributed by atoms with Gasteiger partial charge in [-0.15, -0.1) is 0 Å². The van der Waals surface area contributed by atoms with Gasteiger partial charge in [-0.3, -0.25) is 0 Å². The number of ether oxygens (including phenoxy) is 1. The molecule has 1 aromatic heterocycles. The van der Waals surface area contributed by atoms with Crippen LogP contribution >= 0.6 is 0 Å². The molecule has 0 spiro atoms. The summed E-state index contributed by atoms with van der Waals surface area (Å²) in [5.74, 6) is 0. The van der Waals surface area contributed by atoms with Crippen molar-refractivity contribution in [2.75, 3.05) is 13.2 Å². The maximum Gasteiger partial charge on any atom is 0.410 e. The van der Waals surface area contributed by atoms with Gasteiger partial charge in [-0.05, 0) is 56.2 Å². The largest absolute Gasteiger partial charge is 0.449 e. The molecule has 5 nitrogen and oxygen atoms in total. The van der Waals surface area contributed by atoms with Gasteiger partial charge in [0.15, 0.2) is 0 Å². The van der Waals surface area contributed by atoms with Crippen molar-refractivity contribution in [3.63, 3.8) is 0 Å². The van der Waals surface area contributed by atoms with Crippen LogP contribution in [0.15, 0.2) is 24.3 Å². The van der Waals surface area contributed by atoms with Crippen LogP contribution in [0.25, 0.3) is 10.9 Å². The molecule has 0 N–H and O–H groups in total. The third-order valence-corrected chi connectivity index (χ3v) is 5.27. The molecule has 0 bridgehead atoms. The monoisotopic (exact) mass is 353 g/mol.